The summed E-state index contributed by atoms with van der Waals surface area (Å²) < 4.78 is 0. The summed E-state index contributed by atoms with van der Waals surface area (Å²) in [6.07, 6.45) is 0. The summed E-state index contributed by atoms with van der Waals surface area (Å²) in [4.78, 5) is 14.6. The lowest BCUT2D eigenvalue weighted by Gasteiger charge is -2.43. The first kappa shape index (κ1) is 15.4. The molecule has 0 aliphatic carbocycles. The second-order valence-corrected chi connectivity index (χ2v) is 6.68. The van der Waals surface area contributed by atoms with Gasteiger partial charge in [-0.05, 0) is 19.1 Å². The highest BCUT2D eigenvalue weighted by Crippen LogP contribution is 2.38. The third-order valence-electron chi connectivity index (χ3n) is 4.34. The molecule has 0 aromatic carbocycles. The van der Waals surface area contributed by atoms with E-state index in [0.29, 0.717) is 5.69 Å². The van der Waals surface area contributed by atoms with Crippen molar-refractivity contribution in [1.82, 2.24) is 20.4 Å². The second kappa shape index (κ2) is 5.31. The molecule has 2 aromatic rings. The van der Waals surface area contributed by atoms with Gasteiger partial charge in [-0.1, -0.05) is 6.92 Å². The summed E-state index contributed by atoms with van der Waals surface area (Å²) in [5.41, 5.74) is 0.870. The van der Waals surface area contributed by atoms with Gasteiger partial charge in [0.2, 0.25) is 11.8 Å². The van der Waals surface area contributed by atoms with Gasteiger partial charge in [0.05, 0.1) is 17.2 Å². The molecule has 0 saturated carbocycles. The highest BCUT2D eigenvalue weighted by molar-refractivity contribution is 7.10. The number of rotatable bonds is 2. The number of aromatic hydroxyl groups is 1. The van der Waals surface area contributed by atoms with Crippen LogP contribution < -0.4 is 5.32 Å². The Morgan fingerprint density at radius 2 is 2.17 bits per heavy atom. The van der Waals surface area contributed by atoms with Gasteiger partial charge in [-0.2, -0.15) is 0 Å². The number of amides is 1. The number of carbonyl (C=O) groups is 1. The van der Waals surface area contributed by atoms with Crippen LogP contribution in [0.3, 0.4) is 0 Å². The van der Waals surface area contributed by atoms with Gasteiger partial charge >= 0.3 is 0 Å². The fraction of sp³-hybridized carbons (Fsp3) is 0.333. The topological polar surface area (TPSA) is 102 Å². The molecule has 1 saturated heterocycles. The number of carbonyl (C=O) groups excluding carboxylic acids is 1. The lowest BCUT2D eigenvalue weighted by Crippen LogP contribution is -2.62. The van der Waals surface area contributed by atoms with Crippen molar-refractivity contribution in [2.75, 3.05) is 7.05 Å². The van der Waals surface area contributed by atoms with Crippen molar-refractivity contribution in [3.8, 4) is 17.1 Å². The molecule has 1 aliphatic heterocycles. The van der Waals surface area contributed by atoms with E-state index in [4.69, 9.17) is 5.41 Å². The number of thiophene rings is 1. The lowest BCUT2D eigenvalue weighted by atomic mass is 9.82. The maximum Gasteiger partial charge on any atom is 0.234 e. The normalized spacial score (nSPS) is 24.7. The van der Waals surface area contributed by atoms with Crippen molar-refractivity contribution in [3.05, 3.63) is 28.5 Å². The molecular weight excluding hydrogens is 314 g/mol. The minimum Gasteiger partial charge on any atom is -0.492 e. The number of nitrogens with one attached hydrogen (secondary N) is 2. The Bertz CT molecular complexity index is 772. The SMILES string of the molecule is CC1C(=O)N(C)C(=N)N[C@]1(C)c1cc(-c2ccc(O)nn2)cs1. The molecule has 2 atom stereocenters. The molecule has 3 rings (SSSR count). The molecule has 0 spiro atoms. The number of hydrogen-bond acceptors (Lipinski definition) is 6. The molecular formula is C15H17N5O2S. The monoisotopic (exact) mass is 331 g/mol. The van der Waals surface area contributed by atoms with Crippen molar-refractivity contribution in [2.45, 2.75) is 19.4 Å². The van der Waals surface area contributed by atoms with Crippen LogP contribution in [0.4, 0.5) is 0 Å². The smallest absolute Gasteiger partial charge is 0.234 e. The van der Waals surface area contributed by atoms with Crippen LogP contribution in [0.15, 0.2) is 23.6 Å². The van der Waals surface area contributed by atoms with Gasteiger partial charge < -0.3 is 10.4 Å². The summed E-state index contributed by atoms with van der Waals surface area (Å²) in [7, 11) is 1.60. The first-order chi connectivity index (χ1) is 10.8. The molecule has 0 bridgehead atoms. The molecule has 23 heavy (non-hydrogen) atoms. The number of aromatic nitrogens is 2. The summed E-state index contributed by atoms with van der Waals surface area (Å²) in [6, 6.07) is 5.12. The molecule has 7 nitrogen and oxygen atoms in total. The van der Waals surface area contributed by atoms with Crippen LogP contribution in [0.5, 0.6) is 5.88 Å². The van der Waals surface area contributed by atoms with Crippen LogP contribution in [0.2, 0.25) is 0 Å². The van der Waals surface area contributed by atoms with E-state index < -0.39 is 5.54 Å². The molecule has 120 valence electrons. The molecule has 0 radical (unpaired) electrons. The number of nitrogens with zero attached hydrogens (tertiary/aromatic N) is 3. The Kier molecular flexibility index (Phi) is 3.56. The van der Waals surface area contributed by atoms with E-state index in [1.807, 2.05) is 25.3 Å². The molecule has 8 heteroatoms. The van der Waals surface area contributed by atoms with E-state index in [0.717, 1.165) is 10.4 Å². The first-order valence-corrected chi connectivity index (χ1v) is 7.97. The zero-order chi connectivity index (χ0) is 16.8. The van der Waals surface area contributed by atoms with E-state index in [9.17, 15) is 9.90 Å². The van der Waals surface area contributed by atoms with Crippen molar-refractivity contribution < 1.29 is 9.90 Å². The van der Waals surface area contributed by atoms with Gasteiger partial charge in [0.25, 0.3) is 0 Å². The molecule has 1 unspecified atom stereocenters. The van der Waals surface area contributed by atoms with Crippen molar-refractivity contribution >= 4 is 23.2 Å². The average Bonchev–Trinajstić information content (AvgIpc) is 3.02. The van der Waals surface area contributed by atoms with Crippen LogP contribution in [-0.4, -0.2) is 39.1 Å². The summed E-state index contributed by atoms with van der Waals surface area (Å²) in [5.74, 6) is -0.426. The lowest BCUT2D eigenvalue weighted by molar-refractivity contribution is -0.134. The molecule has 1 aliphatic rings. The van der Waals surface area contributed by atoms with Crippen LogP contribution in [0, 0.1) is 11.3 Å². The van der Waals surface area contributed by atoms with E-state index in [2.05, 4.69) is 15.5 Å². The molecule has 2 aromatic heterocycles. The summed E-state index contributed by atoms with van der Waals surface area (Å²) >= 11 is 1.50. The van der Waals surface area contributed by atoms with Crippen molar-refractivity contribution in [1.29, 1.82) is 5.41 Å². The minimum absolute atomic E-state index is 0.0874. The minimum atomic E-state index is -0.645. The van der Waals surface area contributed by atoms with Crippen LogP contribution in [-0.2, 0) is 10.3 Å². The Hall–Kier alpha value is -2.48. The third kappa shape index (κ3) is 2.44. The quantitative estimate of drug-likeness (QED) is 0.778. The van der Waals surface area contributed by atoms with Crippen LogP contribution >= 0.6 is 11.3 Å². The maximum atomic E-state index is 12.3. The van der Waals surface area contributed by atoms with E-state index in [1.54, 1.807) is 13.1 Å². The zero-order valence-corrected chi connectivity index (χ0v) is 13.8. The Balaban J connectivity index is 1.97. The van der Waals surface area contributed by atoms with Crippen molar-refractivity contribution in [2.24, 2.45) is 5.92 Å². The summed E-state index contributed by atoms with van der Waals surface area (Å²) in [5, 5.41) is 29.9. The van der Waals surface area contributed by atoms with Gasteiger partial charge in [-0.15, -0.1) is 21.5 Å². The van der Waals surface area contributed by atoms with Gasteiger partial charge in [0.15, 0.2) is 5.96 Å². The molecule has 1 amide bonds. The van der Waals surface area contributed by atoms with E-state index in [-0.39, 0.29) is 23.7 Å². The largest absolute Gasteiger partial charge is 0.492 e. The standard InChI is InChI=1S/C15H17N5O2S/c1-8-13(22)20(3)14(16)17-15(8,2)11-6-9(7-23-11)10-4-5-12(21)19-18-10/h4-8H,1-3H3,(H2,16,17)(H,19,21)/t8?,15-/m0/s1. The Morgan fingerprint density at radius 3 is 2.83 bits per heavy atom. The van der Waals surface area contributed by atoms with E-state index in [1.165, 1.54) is 22.3 Å². The van der Waals surface area contributed by atoms with Crippen LogP contribution in [0.25, 0.3) is 11.3 Å². The highest BCUT2D eigenvalue weighted by atomic mass is 32.1. The van der Waals surface area contributed by atoms with Gasteiger partial charge in [0.1, 0.15) is 0 Å². The predicted octanol–water partition coefficient (Wildman–Crippen LogP) is 1.76. The Labute approximate surface area is 137 Å². The predicted molar refractivity (Wildman–Crippen MR) is 87.2 cm³/mol. The second-order valence-electron chi connectivity index (χ2n) is 5.77. The molecule has 1 fully saturated rings. The van der Waals surface area contributed by atoms with Gasteiger partial charge in [-0.25, -0.2) is 0 Å². The maximum absolute atomic E-state index is 12.3. The van der Waals surface area contributed by atoms with Gasteiger partial charge in [0, 0.05) is 28.9 Å². The fourth-order valence-electron chi connectivity index (χ4n) is 2.58. The highest BCUT2D eigenvalue weighted by Gasteiger charge is 2.45. The zero-order valence-electron chi connectivity index (χ0n) is 13.0. The Morgan fingerprint density at radius 1 is 1.43 bits per heavy atom. The first-order valence-electron chi connectivity index (χ1n) is 7.09. The summed E-state index contributed by atoms with van der Waals surface area (Å²) in [6.45, 7) is 3.78. The van der Waals surface area contributed by atoms with Crippen molar-refractivity contribution in [3.63, 3.8) is 0 Å². The number of guanidine groups is 1. The average molecular weight is 331 g/mol. The molecule has 3 N–H and O–H groups in total. The fourth-order valence-corrected chi connectivity index (χ4v) is 3.69. The molecule has 3 heterocycles. The van der Waals surface area contributed by atoms with Gasteiger partial charge in [-0.3, -0.25) is 15.1 Å². The van der Waals surface area contributed by atoms with E-state index >= 15 is 0 Å². The third-order valence-corrected chi connectivity index (χ3v) is 5.51. The van der Waals surface area contributed by atoms with Crippen LogP contribution in [0.1, 0.15) is 18.7 Å². The number of hydrogen-bond donors (Lipinski definition) is 3.